The molecular formula is C16H27NO3. The number of ether oxygens (including phenoxy) is 3. The number of hydrogen-bond acceptors (Lipinski definition) is 4. The van der Waals surface area contributed by atoms with Crippen LogP contribution in [0.15, 0.2) is 24.3 Å². The predicted molar refractivity (Wildman–Crippen MR) is 81.3 cm³/mol. The molecule has 1 unspecified atom stereocenters. The second kappa shape index (κ2) is 10.7. The Morgan fingerprint density at radius 3 is 2.25 bits per heavy atom. The average molecular weight is 281 g/mol. The predicted octanol–water partition coefficient (Wildman–Crippen LogP) is 2.79. The van der Waals surface area contributed by atoms with Gasteiger partial charge in [0.15, 0.2) is 0 Å². The third kappa shape index (κ3) is 6.37. The highest BCUT2D eigenvalue weighted by Gasteiger charge is 2.10. The standard InChI is InChI=1S/C16H27NO3/c1-4-17-16(13-19-12-11-18-5-2)14-7-9-15(10-8-14)20-6-3/h7-10,16-17H,4-6,11-13H2,1-3H3. The molecule has 0 saturated heterocycles. The van der Waals surface area contributed by atoms with Gasteiger partial charge in [-0.3, -0.25) is 0 Å². The van der Waals surface area contributed by atoms with Gasteiger partial charge in [-0.2, -0.15) is 0 Å². The highest BCUT2D eigenvalue weighted by atomic mass is 16.5. The van der Waals surface area contributed by atoms with Crippen molar-refractivity contribution in [1.82, 2.24) is 5.32 Å². The van der Waals surface area contributed by atoms with E-state index in [2.05, 4.69) is 24.4 Å². The Balaban J connectivity index is 2.47. The molecule has 0 aromatic heterocycles. The van der Waals surface area contributed by atoms with Crippen LogP contribution >= 0.6 is 0 Å². The van der Waals surface area contributed by atoms with Crippen molar-refractivity contribution in [1.29, 1.82) is 0 Å². The summed E-state index contributed by atoms with van der Waals surface area (Å²) in [4.78, 5) is 0. The lowest BCUT2D eigenvalue weighted by Gasteiger charge is -2.19. The van der Waals surface area contributed by atoms with Crippen LogP contribution in [0.4, 0.5) is 0 Å². The zero-order valence-corrected chi connectivity index (χ0v) is 12.9. The van der Waals surface area contributed by atoms with Crippen LogP contribution < -0.4 is 10.1 Å². The van der Waals surface area contributed by atoms with Gasteiger partial charge in [-0.25, -0.2) is 0 Å². The Morgan fingerprint density at radius 2 is 1.65 bits per heavy atom. The van der Waals surface area contributed by atoms with Crippen LogP contribution in [0.3, 0.4) is 0 Å². The number of benzene rings is 1. The number of nitrogens with one attached hydrogen (secondary N) is 1. The van der Waals surface area contributed by atoms with Crippen LogP contribution in [0.1, 0.15) is 32.4 Å². The maximum Gasteiger partial charge on any atom is 0.119 e. The lowest BCUT2D eigenvalue weighted by molar-refractivity contribution is 0.0435. The summed E-state index contributed by atoms with van der Waals surface area (Å²) >= 11 is 0. The third-order valence-electron chi connectivity index (χ3n) is 2.90. The molecule has 1 N–H and O–H groups in total. The fourth-order valence-electron chi connectivity index (χ4n) is 1.95. The summed E-state index contributed by atoms with van der Waals surface area (Å²) in [6.45, 7) is 10.3. The molecule has 0 spiro atoms. The largest absolute Gasteiger partial charge is 0.494 e. The maximum absolute atomic E-state index is 5.66. The monoisotopic (exact) mass is 281 g/mol. The molecule has 1 rings (SSSR count). The molecule has 1 atom stereocenters. The van der Waals surface area contributed by atoms with Crippen molar-refractivity contribution in [2.75, 3.05) is 39.6 Å². The molecule has 0 saturated carbocycles. The first-order chi connectivity index (χ1) is 9.81. The van der Waals surface area contributed by atoms with Crippen LogP contribution in [0.5, 0.6) is 5.75 Å². The van der Waals surface area contributed by atoms with Gasteiger partial charge in [0, 0.05) is 6.61 Å². The minimum Gasteiger partial charge on any atom is -0.494 e. The van der Waals surface area contributed by atoms with E-state index in [4.69, 9.17) is 14.2 Å². The quantitative estimate of drug-likeness (QED) is 0.633. The summed E-state index contributed by atoms with van der Waals surface area (Å²) in [5.41, 5.74) is 1.21. The Labute approximate surface area is 122 Å². The molecule has 0 radical (unpaired) electrons. The van der Waals surface area contributed by atoms with E-state index in [1.165, 1.54) is 5.56 Å². The maximum atomic E-state index is 5.66. The summed E-state index contributed by atoms with van der Waals surface area (Å²) < 4.78 is 16.4. The van der Waals surface area contributed by atoms with Crippen molar-refractivity contribution in [3.8, 4) is 5.75 Å². The van der Waals surface area contributed by atoms with Crippen LogP contribution in [-0.2, 0) is 9.47 Å². The van der Waals surface area contributed by atoms with E-state index in [-0.39, 0.29) is 6.04 Å². The van der Waals surface area contributed by atoms with Crippen LogP contribution in [0, 0.1) is 0 Å². The van der Waals surface area contributed by atoms with Crippen LogP contribution in [-0.4, -0.2) is 39.6 Å². The van der Waals surface area contributed by atoms with Crippen molar-refractivity contribution in [3.05, 3.63) is 29.8 Å². The van der Waals surface area contributed by atoms with E-state index in [0.29, 0.717) is 26.4 Å². The van der Waals surface area contributed by atoms with Crippen LogP contribution in [0.25, 0.3) is 0 Å². The Hall–Kier alpha value is -1.10. The number of likely N-dealkylation sites (N-methyl/N-ethyl adjacent to an activating group) is 1. The third-order valence-corrected chi connectivity index (χ3v) is 2.90. The van der Waals surface area contributed by atoms with Gasteiger partial charge < -0.3 is 19.5 Å². The van der Waals surface area contributed by atoms with Crippen molar-refractivity contribution in [2.24, 2.45) is 0 Å². The summed E-state index contributed by atoms with van der Waals surface area (Å²) in [7, 11) is 0. The van der Waals surface area contributed by atoms with Gasteiger partial charge in [-0.1, -0.05) is 19.1 Å². The fraction of sp³-hybridized carbons (Fsp3) is 0.625. The van der Waals surface area contributed by atoms with Crippen molar-refractivity contribution in [2.45, 2.75) is 26.8 Å². The van der Waals surface area contributed by atoms with Gasteiger partial charge in [0.25, 0.3) is 0 Å². The normalized spacial score (nSPS) is 12.3. The van der Waals surface area contributed by atoms with E-state index in [9.17, 15) is 0 Å². The zero-order valence-electron chi connectivity index (χ0n) is 12.9. The summed E-state index contributed by atoms with van der Waals surface area (Å²) in [6.07, 6.45) is 0. The second-order valence-corrected chi connectivity index (χ2v) is 4.38. The van der Waals surface area contributed by atoms with Gasteiger partial charge in [0.05, 0.1) is 32.5 Å². The number of rotatable bonds is 11. The SMILES string of the molecule is CCNC(COCCOCC)c1ccc(OCC)cc1. The van der Waals surface area contributed by atoms with Gasteiger partial charge in [-0.15, -0.1) is 0 Å². The highest BCUT2D eigenvalue weighted by molar-refractivity contribution is 5.29. The van der Waals surface area contributed by atoms with E-state index < -0.39 is 0 Å². The summed E-state index contributed by atoms with van der Waals surface area (Å²) in [5, 5.41) is 3.43. The van der Waals surface area contributed by atoms with Gasteiger partial charge >= 0.3 is 0 Å². The first-order valence-corrected chi connectivity index (χ1v) is 7.43. The minimum absolute atomic E-state index is 0.206. The molecule has 0 bridgehead atoms. The topological polar surface area (TPSA) is 39.7 Å². The van der Waals surface area contributed by atoms with E-state index >= 15 is 0 Å². The molecule has 0 fully saturated rings. The molecule has 1 aromatic rings. The lowest BCUT2D eigenvalue weighted by Crippen LogP contribution is -2.26. The van der Waals surface area contributed by atoms with Crippen LogP contribution in [0.2, 0.25) is 0 Å². The Kier molecular flexibility index (Phi) is 9.04. The van der Waals surface area contributed by atoms with E-state index in [1.807, 2.05) is 26.0 Å². The van der Waals surface area contributed by atoms with E-state index in [0.717, 1.165) is 18.9 Å². The first-order valence-electron chi connectivity index (χ1n) is 7.43. The van der Waals surface area contributed by atoms with Crippen molar-refractivity contribution in [3.63, 3.8) is 0 Å². The van der Waals surface area contributed by atoms with Gasteiger partial charge in [-0.05, 0) is 38.1 Å². The zero-order chi connectivity index (χ0) is 14.6. The Bertz CT molecular complexity index is 340. The molecule has 114 valence electrons. The second-order valence-electron chi connectivity index (χ2n) is 4.38. The summed E-state index contributed by atoms with van der Waals surface area (Å²) in [5.74, 6) is 0.906. The van der Waals surface area contributed by atoms with Crippen molar-refractivity contribution >= 4 is 0 Å². The molecule has 0 heterocycles. The molecule has 4 heteroatoms. The summed E-state index contributed by atoms with van der Waals surface area (Å²) in [6, 6.07) is 8.39. The van der Waals surface area contributed by atoms with E-state index in [1.54, 1.807) is 0 Å². The minimum atomic E-state index is 0.206. The molecule has 0 aliphatic rings. The fourth-order valence-corrected chi connectivity index (χ4v) is 1.95. The molecule has 0 aliphatic carbocycles. The molecule has 0 aliphatic heterocycles. The molecule has 0 amide bonds. The van der Waals surface area contributed by atoms with Gasteiger partial charge in [0.1, 0.15) is 5.75 Å². The highest BCUT2D eigenvalue weighted by Crippen LogP contribution is 2.18. The Morgan fingerprint density at radius 1 is 0.950 bits per heavy atom. The van der Waals surface area contributed by atoms with Crippen molar-refractivity contribution < 1.29 is 14.2 Å². The number of hydrogen-bond donors (Lipinski definition) is 1. The van der Waals surface area contributed by atoms with Gasteiger partial charge in [0.2, 0.25) is 0 Å². The molecular weight excluding hydrogens is 254 g/mol. The lowest BCUT2D eigenvalue weighted by atomic mass is 10.1. The molecule has 1 aromatic carbocycles. The average Bonchev–Trinajstić information content (AvgIpc) is 2.47. The smallest absolute Gasteiger partial charge is 0.119 e. The molecule has 4 nitrogen and oxygen atoms in total. The molecule has 20 heavy (non-hydrogen) atoms. The first kappa shape index (κ1) is 17.0.